The molecule has 0 aliphatic carbocycles. The van der Waals surface area contributed by atoms with Gasteiger partial charge in [0.25, 0.3) is 0 Å². The topological polar surface area (TPSA) is 71.8 Å². The van der Waals surface area contributed by atoms with Gasteiger partial charge in [-0.25, -0.2) is 4.79 Å². The van der Waals surface area contributed by atoms with Gasteiger partial charge in [-0.3, -0.25) is 0 Å². The molecule has 2 aromatic rings. The number of nitrogens with one attached hydrogen (secondary N) is 2. The monoisotopic (exact) mass is 271 g/mol. The number of carbonyl (C=O) groups is 1. The first-order chi connectivity index (χ1) is 9.74. The molecule has 2 amide bonds. The smallest absolute Gasteiger partial charge is 0.319 e. The Morgan fingerprint density at radius 3 is 3.05 bits per heavy atom. The SMILES string of the molecule is Cc1ccccc1NC(=O)NCc1nnc2n1CCC2. The van der Waals surface area contributed by atoms with E-state index in [1.165, 1.54) is 0 Å². The lowest BCUT2D eigenvalue weighted by molar-refractivity contribution is 0.251. The zero-order valence-electron chi connectivity index (χ0n) is 11.4. The summed E-state index contributed by atoms with van der Waals surface area (Å²) in [5, 5.41) is 13.9. The van der Waals surface area contributed by atoms with E-state index in [1.807, 2.05) is 31.2 Å². The molecule has 3 rings (SSSR count). The van der Waals surface area contributed by atoms with Gasteiger partial charge in [-0.15, -0.1) is 10.2 Å². The highest BCUT2D eigenvalue weighted by atomic mass is 16.2. The Morgan fingerprint density at radius 2 is 2.20 bits per heavy atom. The average molecular weight is 271 g/mol. The summed E-state index contributed by atoms with van der Waals surface area (Å²) in [6.45, 7) is 3.30. The Morgan fingerprint density at radius 1 is 1.35 bits per heavy atom. The van der Waals surface area contributed by atoms with Crippen molar-refractivity contribution in [2.75, 3.05) is 5.32 Å². The number of rotatable bonds is 3. The second-order valence-corrected chi connectivity index (χ2v) is 4.91. The number of benzene rings is 1. The fourth-order valence-electron chi connectivity index (χ4n) is 2.38. The van der Waals surface area contributed by atoms with Crippen molar-refractivity contribution in [1.82, 2.24) is 20.1 Å². The Balaban J connectivity index is 1.58. The summed E-state index contributed by atoms with van der Waals surface area (Å²) in [6, 6.07) is 7.45. The lowest BCUT2D eigenvalue weighted by atomic mass is 10.2. The van der Waals surface area contributed by atoms with Gasteiger partial charge in [0.05, 0.1) is 6.54 Å². The van der Waals surface area contributed by atoms with Crippen molar-refractivity contribution in [2.24, 2.45) is 0 Å². The molecule has 0 saturated carbocycles. The number of urea groups is 1. The van der Waals surface area contributed by atoms with Crippen molar-refractivity contribution in [3.63, 3.8) is 0 Å². The standard InChI is InChI=1S/C14H17N5O/c1-10-5-2-3-6-11(10)16-14(20)15-9-13-18-17-12-7-4-8-19(12)13/h2-3,5-6H,4,7-9H2,1H3,(H2,15,16,20). The minimum atomic E-state index is -0.227. The molecule has 2 heterocycles. The third kappa shape index (κ3) is 2.49. The normalized spacial score (nSPS) is 13.1. The van der Waals surface area contributed by atoms with E-state index >= 15 is 0 Å². The fourth-order valence-corrected chi connectivity index (χ4v) is 2.38. The molecule has 1 aromatic heterocycles. The van der Waals surface area contributed by atoms with Crippen LogP contribution in [0.5, 0.6) is 0 Å². The summed E-state index contributed by atoms with van der Waals surface area (Å²) in [5.41, 5.74) is 1.85. The molecule has 0 radical (unpaired) electrons. The first-order valence-corrected chi connectivity index (χ1v) is 6.75. The zero-order chi connectivity index (χ0) is 13.9. The van der Waals surface area contributed by atoms with Gasteiger partial charge in [0.1, 0.15) is 5.82 Å². The van der Waals surface area contributed by atoms with Gasteiger partial charge in [0, 0.05) is 18.7 Å². The number of para-hydroxylation sites is 1. The molecule has 1 aromatic carbocycles. The number of hydrogen-bond donors (Lipinski definition) is 2. The first-order valence-electron chi connectivity index (χ1n) is 6.75. The van der Waals surface area contributed by atoms with Crippen LogP contribution in [-0.2, 0) is 19.5 Å². The van der Waals surface area contributed by atoms with Gasteiger partial charge in [-0.05, 0) is 25.0 Å². The molecule has 1 aliphatic heterocycles. The minimum absolute atomic E-state index is 0.227. The van der Waals surface area contributed by atoms with Crippen molar-refractivity contribution in [3.8, 4) is 0 Å². The summed E-state index contributed by atoms with van der Waals surface area (Å²) in [4.78, 5) is 11.9. The van der Waals surface area contributed by atoms with Crippen LogP contribution in [0.3, 0.4) is 0 Å². The molecule has 0 atom stereocenters. The van der Waals surface area contributed by atoms with Crippen molar-refractivity contribution < 1.29 is 4.79 Å². The molecule has 20 heavy (non-hydrogen) atoms. The maximum atomic E-state index is 11.9. The van der Waals surface area contributed by atoms with Crippen LogP contribution in [0.15, 0.2) is 24.3 Å². The highest BCUT2D eigenvalue weighted by molar-refractivity contribution is 5.89. The van der Waals surface area contributed by atoms with Crippen LogP contribution in [-0.4, -0.2) is 20.8 Å². The second kappa shape index (κ2) is 5.32. The van der Waals surface area contributed by atoms with Crippen molar-refractivity contribution >= 4 is 11.7 Å². The van der Waals surface area contributed by atoms with Crippen molar-refractivity contribution in [2.45, 2.75) is 32.9 Å². The third-order valence-electron chi connectivity index (χ3n) is 3.49. The van der Waals surface area contributed by atoms with Crippen LogP contribution in [0, 0.1) is 6.92 Å². The van der Waals surface area contributed by atoms with Gasteiger partial charge in [0.15, 0.2) is 5.82 Å². The molecule has 0 saturated heterocycles. The average Bonchev–Trinajstić information content (AvgIpc) is 3.02. The van der Waals surface area contributed by atoms with E-state index in [2.05, 4.69) is 25.4 Å². The van der Waals surface area contributed by atoms with E-state index in [-0.39, 0.29) is 6.03 Å². The van der Waals surface area contributed by atoms with Gasteiger partial charge in [-0.2, -0.15) is 0 Å². The molecular weight excluding hydrogens is 254 g/mol. The molecular formula is C14H17N5O. The number of anilines is 1. The Kier molecular flexibility index (Phi) is 3.37. The number of aryl methyl sites for hydroxylation is 2. The quantitative estimate of drug-likeness (QED) is 0.895. The number of nitrogens with zero attached hydrogens (tertiary/aromatic N) is 3. The highest BCUT2D eigenvalue weighted by Crippen LogP contribution is 2.14. The van der Waals surface area contributed by atoms with Crippen molar-refractivity contribution in [1.29, 1.82) is 0 Å². The number of amides is 2. The molecule has 1 aliphatic rings. The summed E-state index contributed by atoms with van der Waals surface area (Å²) in [5.74, 6) is 1.83. The van der Waals surface area contributed by atoms with Crippen LogP contribution in [0.4, 0.5) is 10.5 Å². The van der Waals surface area contributed by atoms with Gasteiger partial charge in [0.2, 0.25) is 0 Å². The van der Waals surface area contributed by atoms with E-state index in [1.54, 1.807) is 0 Å². The Hall–Kier alpha value is -2.37. The lowest BCUT2D eigenvalue weighted by Gasteiger charge is -2.09. The summed E-state index contributed by atoms with van der Waals surface area (Å²) in [6.07, 6.45) is 2.08. The number of aromatic nitrogens is 3. The fraction of sp³-hybridized carbons (Fsp3) is 0.357. The minimum Gasteiger partial charge on any atom is -0.331 e. The number of fused-ring (bicyclic) bond motifs is 1. The Bertz CT molecular complexity index is 634. The maximum Gasteiger partial charge on any atom is 0.319 e. The summed E-state index contributed by atoms with van der Waals surface area (Å²) < 4.78 is 2.08. The van der Waals surface area contributed by atoms with E-state index in [4.69, 9.17) is 0 Å². The van der Waals surface area contributed by atoms with E-state index < -0.39 is 0 Å². The van der Waals surface area contributed by atoms with Gasteiger partial charge < -0.3 is 15.2 Å². The molecule has 0 bridgehead atoms. The van der Waals surface area contributed by atoms with E-state index in [9.17, 15) is 4.79 Å². The summed E-state index contributed by atoms with van der Waals surface area (Å²) >= 11 is 0. The largest absolute Gasteiger partial charge is 0.331 e. The van der Waals surface area contributed by atoms with Crippen molar-refractivity contribution in [3.05, 3.63) is 41.5 Å². The highest BCUT2D eigenvalue weighted by Gasteiger charge is 2.17. The summed E-state index contributed by atoms with van der Waals surface area (Å²) in [7, 11) is 0. The molecule has 2 N–H and O–H groups in total. The van der Waals surface area contributed by atoms with E-state index in [0.717, 1.165) is 42.3 Å². The maximum absolute atomic E-state index is 11.9. The predicted octanol–water partition coefficient (Wildman–Crippen LogP) is 1.85. The van der Waals surface area contributed by atoms with E-state index in [0.29, 0.717) is 6.54 Å². The molecule has 6 heteroatoms. The number of hydrogen-bond acceptors (Lipinski definition) is 3. The van der Waals surface area contributed by atoms with Crippen LogP contribution in [0.25, 0.3) is 0 Å². The van der Waals surface area contributed by atoms with Gasteiger partial charge in [-0.1, -0.05) is 18.2 Å². The molecule has 6 nitrogen and oxygen atoms in total. The van der Waals surface area contributed by atoms with Crippen LogP contribution >= 0.6 is 0 Å². The molecule has 0 unspecified atom stereocenters. The van der Waals surface area contributed by atoms with Crippen LogP contribution < -0.4 is 10.6 Å². The lowest BCUT2D eigenvalue weighted by Crippen LogP contribution is -2.29. The Labute approximate surface area is 117 Å². The van der Waals surface area contributed by atoms with Gasteiger partial charge >= 0.3 is 6.03 Å². The first kappa shape index (κ1) is 12.7. The molecule has 0 fully saturated rings. The van der Waals surface area contributed by atoms with Crippen LogP contribution in [0.2, 0.25) is 0 Å². The third-order valence-corrected chi connectivity index (χ3v) is 3.49. The molecule has 104 valence electrons. The zero-order valence-corrected chi connectivity index (χ0v) is 11.4. The second-order valence-electron chi connectivity index (χ2n) is 4.91. The van der Waals surface area contributed by atoms with Crippen LogP contribution in [0.1, 0.15) is 23.6 Å². The number of carbonyl (C=O) groups excluding carboxylic acids is 1. The molecule has 0 spiro atoms. The predicted molar refractivity (Wildman–Crippen MR) is 75.4 cm³/mol.